The predicted octanol–water partition coefficient (Wildman–Crippen LogP) is 5.35. The molecule has 9 nitrogen and oxygen atoms in total. The van der Waals surface area contributed by atoms with Gasteiger partial charge < -0.3 is 15.0 Å². The number of ether oxygens (including phenoxy) is 1. The molecule has 0 saturated heterocycles. The van der Waals surface area contributed by atoms with Crippen molar-refractivity contribution in [3.63, 3.8) is 0 Å². The van der Waals surface area contributed by atoms with Crippen LogP contribution in [0.15, 0.2) is 55.2 Å². The van der Waals surface area contributed by atoms with E-state index in [1.165, 1.54) is 16.7 Å². The number of aryl methyl sites for hydroxylation is 1. The molecular weight excluding hydrogens is 476 g/mol. The SMILES string of the molecule is CCCCN1CC(C)COc2cc3ncnc(Nc4ccc(Cc5ccn6ncnc6c5)c(C)c4)c3nc21. The van der Waals surface area contributed by atoms with Crippen molar-refractivity contribution in [1.29, 1.82) is 0 Å². The summed E-state index contributed by atoms with van der Waals surface area (Å²) in [5.41, 5.74) is 6.98. The molecule has 194 valence electrons. The lowest BCUT2D eigenvalue weighted by atomic mass is 10.0. The van der Waals surface area contributed by atoms with E-state index in [2.05, 4.69) is 81.4 Å². The van der Waals surface area contributed by atoms with Crippen molar-refractivity contribution in [3.8, 4) is 5.75 Å². The van der Waals surface area contributed by atoms with E-state index in [9.17, 15) is 0 Å². The smallest absolute Gasteiger partial charge is 0.172 e. The molecule has 1 aliphatic rings. The van der Waals surface area contributed by atoms with Crippen LogP contribution in [0.2, 0.25) is 0 Å². The number of nitrogens with zero attached hydrogens (tertiary/aromatic N) is 7. The Hall–Kier alpha value is -4.27. The van der Waals surface area contributed by atoms with Crippen molar-refractivity contribution in [3.05, 3.63) is 71.9 Å². The molecule has 6 rings (SSSR count). The maximum absolute atomic E-state index is 6.14. The molecule has 1 aliphatic heterocycles. The Balaban J connectivity index is 1.28. The van der Waals surface area contributed by atoms with E-state index in [1.54, 1.807) is 17.2 Å². The van der Waals surface area contributed by atoms with Gasteiger partial charge in [-0.25, -0.2) is 24.5 Å². The first-order chi connectivity index (χ1) is 18.6. The van der Waals surface area contributed by atoms with Crippen LogP contribution < -0.4 is 15.0 Å². The lowest BCUT2D eigenvalue weighted by molar-refractivity contribution is 0.273. The van der Waals surface area contributed by atoms with E-state index in [-0.39, 0.29) is 0 Å². The van der Waals surface area contributed by atoms with Crippen LogP contribution >= 0.6 is 0 Å². The molecule has 0 spiro atoms. The van der Waals surface area contributed by atoms with Gasteiger partial charge in [0.15, 0.2) is 23.0 Å². The molecule has 1 N–H and O–H groups in total. The Morgan fingerprint density at radius 1 is 1.08 bits per heavy atom. The Bertz CT molecular complexity index is 1600. The van der Waals surface area contributed by atoms with Crippen LogP contribution in [0.25, 0.3) is 16.7 Å². The predicted molar refractivity (Wildman–Crippen MR) is 149 cm³/mol. The second-order valence-electron chi connectivity index (χ2n) is 10.2. The zero-order valence-electron chi connectivity index (χ0n) is 22.1. The fourth-order valence-electron chi connectivity index (χ4n) is 4.97. The van der Waals surface area contributed by atoms with Gasteiger partial charge in [0, 0.05) is 37.0 Å². The van der Waals surface area contributed by atoms with E-state index >= 15 is 0 Å². The van der Waals surface area contributed by atoms with Gasteiger partial charge in [-0.2, -0.15) is 5.10 Å². The molecule has 0 radical (unpaired) electrons. The van der Waals surface area contributed by atoms with Gasteiger partial charge in [-0.05, 0) is 60.7 Å². The lowest BCUT2D eigenvalue weighted by Crippen LogP contribution is -2.30. The van der Waals surface area contributed by atoms with E-state index in [0.29, 0.717) is 18.3 Å². The Labute approximate surface area is 221 Å². The number of pyridine rings is 2. The molecule has 0 aliphatic carbocycles. The summed E-state index contributed by atoms with van der Waals surface area (Å²) in [5.74, 6) is 2.79. The van der Waals surface area contributed by atoms with Gasteiger partial charge >= 0.3 is 0 Å². The van der Waals surface area contributed by atoms with E-state index in [1.807, 2.05) is 12.3 Å². The maximum Gasteiger partial charge on any atom is 0.172 e. The molecule has 4 aromatic heterocycles. The van der Waals surface area contributed by atoms with Crippen molar-refractivity contribution in [2.24, 2.45) is 5.92 Å². The van der Waals surface area contributed by atoms with Gasteiger partial charge in [0.1, 0.15) is 18.2 Å². The summed E-state index contributed by atoms with van der Waals surface area (Å²) < 4.78 is 7.92. The number of nitrogens with one attached hydrogen (secondary N) is 1. The summed E-state index contributed by atoms with van der Waals surface area (Å²) in [6.45, 7) is 9.12. The first-order valence-electron chi connectivity index (χ1n) is 13.3. The molecular formula is C29H32N8O. The second-order valence-corrected chi connectivity index (χ2v) is 10.2. The van der Waals surface area contributed by atoms with Gasteiger partial charge in [0.05, 0.1) is 12.1 Å². The van der Waals surface area contributed by atoms with Gasteiger partial charge in [-0.15, -0.1) is 0 Å². The molecule has 5 heterocycles. The summed E-state index contributed by atoms with van der Waals surface area (Å²) >= 11 is 0. The molecule has 0 saturated carbocycles. The van der Waals surface area contributed by atoms with Crippen molar-refractivity contribution >= 4 is 34.0 Å². The van der Waals surface area contributed by atoms with Crippen molar-refractivity contribution in [2.75, 3.05) is 29.9 Å². The van der Waals surface area contributed by atoms with E-state index < -0.39 is 0 Å². The zero-order chi connectivity index (χ0) is 26.1. The monoisotopic (exact) mass is 508 g/mol. The molecule has 5 aromatic rings. The van der Waals surface area contributed by atoms with Crippen molar-refractivity contribution in [1.82, 2.24) is 29.5 Å². The minimum atomic E-state index is 0.424. The molecule has 0 bridgehead atoms. The summed E-state index contributed by atoms with van der Waals surface area (Å²) in [7, 11) is 0. The Morgan fingerprint density at radius 2 is 2.00 bits per heavy atom. The van der Waals surface area contributed by atoms with E-state index in [4.69, 9.17) is 9.72 Å². The highest BCUT2D eigenvalue weighted by Gasteiger charge is 2.23. The number of fused-ring (bicyclic) bond motifs is 3. The third-order valence-electron chi connectivity index (χ3n) is 7.04. The third kappa shape index (κ3) is 4.83. The Kier molecular flexibility index (Phi) is 6.49. The molecule has 38 heavy (non-hydrogen) atoms. The number of hydrogen-bond donors (Lipinski definition) is 1. The highest BCUT2D eigenvalue weighted by atomic mass is 16.5. The number of anilines is 3. The minimum Gasteiger partial charge on any atom is -0.489 e. The maximum atomic E-state index is 6.14. The van der Waals surface area contributed by atoms with Crippen molar-refractivity contribution < 1.29 is 4.74 Å². The number of hydrogen-bond acceptors (Lipinski definition) is 8. The third-order valence-corrected chi connectivity index (χ3v) is 7.04. The van der Waals surface area contributed by atoms with Crippen molar-refractivity contribution in [2.45, 2.75) is 40.0 Å². The fraction of sp³-hybridized carbons (Fsp3) is 0.345. The Morgan fingerprint density at radius 3 is 2.87 bits per heavy atom. The zero-order valence-corrected chi connectivity index (χ0v) is 22.1. The van der Waals surface area contributed by atoms with Crippen LogP contribution in [0, 0.1) is 12.8 Å². The summed E-state index contributed by atoms with van der Waals surface area (Å²) in [5, 5.41) is 7.67. The van der Waals surface area contributed by atoms with Crippen LogP contribution in [0.3, 0.4) is 0 Å². The average Bonchev–Trinajstić information content (AvgIpc) is 3.33. The van der Waals surface area contributed by atoms with Crippen LogP contribution in [-0.2, 0) is 6.42 Å². The summed E-state index contributed by atoms with van der Waals surface area (Å²) in [4.78, 5) is 20.8. The minimum absolute atomic E-state index is 0.424. The van der Waals surface area contributed by atoms with Crippen LogP contribution in [0.1, 0.15) is 43.4 Å². The number of unbranched alkanes of at least 4 members (excludes halogenated alkanes) is 1. The average molecular weight is 509 g/mol. The molecule has 0 fully saturated rings. The number of aromatic nitrogens is 6. The largest absolute Gasteiger partial charge is 0.489 e. The van der Waals surface area contributed by atoms with Crippen LogP contribution in [0.4, 0.5) is 17.3 Å². The lowest BCUT2D eigenvalue weighted by Gasteiger charge is -2.24. The molecule has 1 unspecified atom stereocenters. The highest BCUT2D eigenvalue weighted by molar-refractivity contribution is 5.90. The summed E-state index contributed by atoms with van der Waals surface area (Å²) in [6.07, 6.45) is 8.17. The van der Waals surface area contributed by atoms with Crippen LogP contribution in [-0.4, -0.2) is 49.2 Å². The topological polar surface area (TPSA) is 93.4 Å². The highest BCUT2D eigenvalue weighted by Crippen LogP contribution is 2.35. The first kappa shape index (κ1) is 24.1. The normalized spacial score (nSPS) is 15.3. The summed E-state index contributed by atoms with van der Waals surface area (Å²) in [6, 6.07) is 12.6. The number of rotatable bonds is 7. The first-order valence-corrected chi connectivity index (χ1v) is 13.3. The van der Waals surface area contributed by atoms with Crippen LogP contribution in [0.5, 0.6) is 5.75 Å². The standard InChI is InChI=1S/C29H32N8O/c1-4-5-9-36-15-19(2)16-38-25-14-24-27(35-29(25)36)28(32-17-30-24)34-23-7-6-22(20(3)11-23)12-21-8-10-37-26(13-21)31-18-33-37/h6-8,10-11,13-14,17-19H,4-5,9,12,15-16H2,1-3H3,(H,30,32,34). The fourth-order valence-corrected chi connectivity index (χ4v) is 4.97. The van der Waals surface area contributed by atoms with Gasteiger partial charge in [-0.1, -0.05) is 26.3 Å². The van der Waals surface area contributed by atoms with E-state index in [0.717, 1.165) is 66.3 Å². The molecule has 1 atom stereocenters. The molecule has 9 heteroatoms. The van der Waals surface area contributed by atoms with Gasteiger partial charge in [0.25, 0.3) is 0 Å². The van der Waals surface area contributed by atoms with Gasteiger partial charge in [0.2, 0.25) is 0 Å². The quantitative estimate of drug-likeness (QED) is 0.315. The number of benzene rings is 1. The van der Waals surface area contributed by atoms with Gasteiger partial charge in [-0.3, -0.25) is 0 Å². The molecule has 0 amide bonds. The molecule has 1 aromatic carbocycles. The second kappa shape index (κ2) is 10.2.